The number of carboxylic acid groups (broad SMARTS) is 1. The van der Waals surface area contributed by atoms with E-state index in [9.17, 15) is 9.59 Å². The molecule has 0 aliphatic rings. The van der Waals surface area contributed by atoms with Crippen LogP contribution in [0.25, 0.3) is 0 Å². The molecule has 2 N–H and O–H groups in total. The lowest BCUT2D eigenvalue weighted by Gasteiger charge is -2.12. The van der Waals surface area contributed by atoms with Crippen LogP contribution >= 0.6 is 0 Å². The van der Waals surface area contributed by atoms with Crippen LogP contribution in [-0.4, -0.2) is 38.1 Å². The topological polar surface area (TPSA) is 106 Å². The average Bonchev–Trinajstić information content (AvgIpc) is 2.98. The minimum absolute atomic E-state index is 0.164. The van der Waals surface area contributed by atoms with E-state index in [1.807, 2.05) is 30.3 Å². The summed E-state index contributed by atoms with van der Waals surface area (Å²) >= 11 is 0. The molecule has 0 fully saturated rings. The molecule has 1 aromatic carbocycles. The lowest BCUT2D eigenvalue weighted by atomic mass is 10.2. The molecule has 1 heterocycles. The first kappa shape index (κ1) is 16.6. The molecular weight excluding hydrogens is 300 g/mol. The molecule has 8 nitrogen and oxygen atoms in total. The van der Waals surface area contributed by atoms with E-state index in [1.54, 1.807) is 6.92 Å². The summed E-state index contributed by atoms with van der Waals surface area (Å²) < 4.78 is 6.70. The normalized spacial score (nSPS) is 11.9. The molecule has 1 amide bonds. The van der Waals surface area contributed by atoms with Gasteiger partial charge < -0.3 is 15.2 Å². The van der Waals surface area contributed by atoms with E-state index in [0.29, 0.717) is 12.3 Å². The lowest BCUT2D eigenvalue weighted by Crippen LogP contribution is -2.34. The Hall–Kier alpha value is -2.74. The number of aromatic nitrogens is 3. The van der Waals surface area contributed by atoms with Crippen LogP contribution in [0, 0.1) is 0 Å². The largest absolute Gasteiger partial charge is 0.480 e. The first-order valence-corrected chi connectivity index (χ1v) is 7.08. The second-order valence-electron chi connectivity index (χ2n) is 4.96. The number of carbonyl (C=O) groups is 2. The minimum atomic E-state index is -1.01. The van der Waals surface area contributed by atoms with E-state index in [-0.39, 0.29) is 19.0 Å². The van der Waals surface area contributed by atoms with Crippen LogP contribution in [0.5, 0.6) is 0 Å². The number of benzene rings is 1. The van der Waals surface area contributed by atoms with Gasteiger partial charge in [0, 0.05) is 0 Å². The van der Waals surface area contributed by atoms with Crippen LogP contribution in [0.15, 0.2) is 36.5 Å². The average molecular weight is 318 g/mol. The molecule has 23 heavy (non-hydrogen) atoms. The summed E-state index contributed by atoms with van der Waals surface area (Å²) in [6.45, 7) is 1.92. The van der Waals surface area contributed by atoms with Gasteiger partial charge in [0.25, 0.3) is 0 Å². The van der Waals surface area contributed by atoms with E-state index in [1.165, 1.54) is 10.9 Å². The summed E-state index contributed by atoms with van der Waals surface area (Å²) in [5, 5.41) is 18.8. The molecule has 2 rings (SSSR count). The van der Waals surface area contributed by atoms with Gasteiger partial charge in [-0.15, -0.1) is 5.10 Å². The fraction of sp³-hybridized carbons (Fsp3) is 0.333. The van der Waals surface area contributed by atoms with Crippen molar-refractivity contribution in [2.75, 3.05) is 0 Å². The number of aliphatic carboxylic acids is 1. The molecule has 0 saturated heterocycles. The third-order valence-corrected chi connectivity index (χ3v) is 3.04. The highest BCUT2D eigenvalue weighted by atomic mass is 16.5. The maximum absolute atomic E-state index is 11.9. The Kier molecular flexibility index (Phi) is 5.81. The van der Waals surface area contributed by atoms with Crippen molar-refractivity contribution >= 4 is 11.9 Å². The number of ether oxygens (including phenoxy) is 1. The number of amides is 1. The van der Waals surface area contributed by atoms with Gasteiger partial charge in [-0.1, -0.05) is 35.5 Å². The van der Waals surface area contributed by atoms with Gasteiger partial charge in [0.05, 0.1) is 19.3 Å². The van der Waals surface area contributed by atoms with Gasteiger partial charge in [-0.2, -0.15) is 0 Å². The summed E-state index contributed by atoms with van der Waals surface area (Å²) in [4.78, 5) is 22.5. The molecule has 8 heteroatoms. The third kappa shape index (κ3) is 5.51. The summed E-state index contributed by atoms with van der Waals surface area (Å²) in [6.07, 6.45) is 0.869. The van der Waals surface area contributed by atoms with Crippen molar-refractivity contribution in [1.29, 1.82) is 0 Å². The van der Waals surface area contributed by atoms with Crippen LogP contribution < -0.4 is 5.32 Å². The SMILES string of the molecule is CC(OCc1ccccc1)C(=O)NCc1cn(CC(=O)O)nn1. The maximum atomic E-state index is 11.9. The minimum Gasteiger partial charge on any atom is -0.480 e. The van der Waals surface area contributed by atoms with Gasteiger partial charge in [0.15, 0.2) is 0 Å². The number of nitrogens with zero attached hydrogens (tertiary/aromatic N) is 3. The van der Waals surface area contributed by atoms with E-state index < -0.39 is 12.1 Å². The molecule has 122 valence electrons. The van der Waals surface area contributed by atoms with Gasteiger partial charge in [-0.05, 0) is 12.5 Å². The monoisotopic (exact) mass is 318 g/mol. The highest BCUT2D eigenvalue weighted by molar-refractivity contribution is 5.80. The van der Waals surface area contributed by atoms with Gasteiger partial charge in [-0.25, -0.2) is 4.68 Å². The summed E-state index contributed by atoms with van der Waals surface area (Å²) in [5.74, 6) is -1.28. The Labute approximate surface area is 133 Å². The molecule has 0 saturated carbocycles. The molecule has 0 bridgehead atoms. The number of nitrogens with one attached hydrogen (secondary N) is 1. The zero-order valence-corrected chi connectivity index (χ0v) is 12.7. The third-order valence-electron chi connectivity index (χ3n) is 3.04. The first-order valence-electron chi connectivity index (χ1n) is 7.08. The smallest absolute Gasteiger partial charge is 0.325 e. The molecule has 0 aliphatic carbocycles. The number of carbonyl (C=O) groups excluding carboxylic acids is 1. The van der Waals surface area contributed by atoms with Crippen LogP contribution in [0.4, 0.5) is 0 Å². The highest BCUT2D eigenvalue weighted by Gasteiger charge is 2.14. The van der Waals surface area contributed by atoms with Crippen LogP contribution in [0.2, 0.25) is 0 Å². The Morgan fingerprint density at radius 2 is 2.09 bits per heavy atom. The van der Waals surface area contributed by atoms with E-state index in [0.717, 1.165) is 5.56 Å². The van der Waals surface area contributed by atoms with Crippen molar-refractivity contribution in [3.8, 4) is 0 Å². The van der Waals surface area contributed by atoms with Gasteiger partial charge in [0.2, 0.25) is 5.91 Å². The maximum Gasteiger partial charge on any atom is 0.325 e. The van der Waals surface area contributed by atoms with Crippen LogP contribution in [0.3, 0.4) is 0 Å². The quantitative estimate of drug-likeness (QED) is 0.737. The fourth-order valence-corrected chi connectivity index (χ4v) is 1.83. The zero-order chi connectivity index (χ0) is 16.7. The molecule has 0 aliphatic heterocycles. The molecule has 0 spiro atoms. The molecule has 0 radical (unpaired) electrons. The number of hydrogen-bond acceptors (Lipinski definition) is 5. The number of rotatable bonds is 8. The molecule has 1 atom stereocenters. The van der Waals surface area contributed by atoms with E-state index in [2.05, 4.69) is 15.6 Å². The Morgan fingerprint density at radius 3 is 2.78 bits per heavy atom. The van der Waals surface area contributed by atoms with Crippen LogP contribution in [0.1, 0.15) is 18.2 Å². The second-order valence-corrected chi connectivity index (χ2v) is 4.96. The number of hydrogen-bond donors (Lipinski definition) is 2. The van der Waals surface area contributed by atoms with Crippen molar-refractivity contribution in [2.45, 2.75) is 32.7 Å². The first-order chi connectivity index (χ1) is 11.0. The predicted molar refractivity (Wildman–Crippen MR) is 80.2 cm³/mol. The van der Waals surface area contributed by atoms with Crippen LogP contribution in [-0.2, 0) is 34.0 Å². The zero-order valence-electron chi connectivity index (χ0n) is 12.7. The van der Waals surface area contributed by atoms with Gasteiger partial charge in [0.1, 0.15) is 18.3 Å². The van der Waals surface area contributed by atoms with Crippen molar-refractivity contribution < 1.29 is 19.4 Å². The lowest BCUT2D eigenvalue weighted by molar-refractivity contribution is -0.138. The second kappa shape index (κ2) is 8.04. The predicted octanol–water partition coefficient (Wildman–Crippen LogP) is 0.584. The van der Waals surface area contributed by atoms with Crippen molar-refractivity contribution in [1.82, 2.24) is 20.3 Å². The fourth-order valence-electron chi connectivity index (χ4n) is 1.83. The standard InChI is InChI=1S/C15H18N4O4/c1-11(23-10-12-5-3-2-4-6-12)15(22)16-7-13-8-19(18-17-13)9-14(20)21/h2-6,8,11H,7,9-10H2,1H3,(H,16,22)(H,20,21). The Balaban J connectivity index is 1.75. The van der Waals surface area contributed by atoms with Gasteiger partial charge >= 0.3 is 5.97 Å². The van der Waals surface area contributed by atoms with Crippen molar-refractivity contribution in [3.05, 3.63) is 47.8 Å². The summed E-state index contributed by atoms with van der Waals surface area (Å²) in [5.41, 5.74) is 1.47. The van der Waals surface area contributed by atoms with E-state index in [4.69, 9.17) is 9.84 Å². The molecule has 2 aromatic rings. The van der Waals surface area contributed by atoms with Gasteiger partial charge in [-0.3, -0.25) is 9.59 Å². The molecule has 1 aromatic heterocycles. The summed E-state index contributed by atoms with van der Waals surface area (Å²) in [6, 6.07) is 9.57. The molecular formula is C15H18N4O4. The van der Waals surface area contributed by atoms with Crippen molar-refractivity contribution in [3.63, 3.8) is 0 Å². The molecule has 1 unspecified atom stereocenters. The summed E-state index contributed by atoms with van der Waals surface area (Å²) in [7, 11) is 0. The number of carboxylic acids is 1. The highest BCUT2D eigenvalue weighted by Crippen LogP contribution is 2.03. The Bertz CT molecular complexity index is 657. The van der Waals surface area contributed by atoms with E-state index >= 15 is 0 Å². The Morgan fingerprint density at radius 1 is 1.35 bits per heavy atom. The van der Waals surface area contributed by atoms with Crippen molar-refractivity contribution in [2.24, 2.45) is 0 Å².